The minimum absolute atomic E-state index is 0.0236. The zero-order chi connectivity index (χ0) is 10.7. The van der Waals surface area contributed by atoms with Gasteiger partial charge in [0.25, 0.3) is 6.43 Å². The summed E-state index contributed by atoms with van der Waals surface area (Å²) < 4.78 is 42.2. The molecular formula is C8H7ClF3NO. The topological polar surface area (TPSA) is 22.1 Å². The maximum atomic E-state index is 12.7. The summed E-state index contributed by atoms with van der Waals surface area (Å²) >= 11 is 5.41. The van der Waals surface area contributed by atoms with Crippen molar-refractivity contribution in [1.29, 1.82) is 0 Å². The van der Waals surface area contributed by atoms with Gasteiger partial charge in [-0.25, -0.2) is 13.8 Å². The molecule has 1 heterocycles. The number of pyridine rings is 1. The van der Waals surface area contributed by atoms with Gasteiger partial charge in [-0.2, -0.15) is 4.39 Å². The third kappa shape index (κ3) is 2.09. The molecule has 1 aromatic rings. The van der Waals surface area contributed by atoms with Gasteiger partial charge in [0, 0.05) is 6.07 Å². The Morgan fingerprint density at radius 2 is 2.21 bits per heavy atom. The smallest absolute Gasteiger partial charge is 0.267 e. The van der Waals surface area contributed by atoms with E-state index in [0.717, 1.165) is 0 Å². The molecule has 0 aliphatic carbocycles. The van der Waals surface area contributed by atoms with Gasteiger partial charge in [-0.05, 0) is 0 Å². The van der Waals surface area contributed by atoms with Crippen molar-refractivity contribution in [2.45, 2.75) is 12.3 Å². The highest BCUT2D eigenvalue weighted by molar-refractivity contribution is 6.17. The van der Waals surface area contributed by atoms with Crippen LogP contribution in [0.1, 0.15) is 17.7 Å². The first-order valence-electron chi connectivity index (χ1n) is 3.67. The first-order chi connectivity index (χ1) is 6.60. The molecule has 0 saturated heterocycles. The Morgan fingerprint density at radius 3 is 2.64 bits per heavy atom. The number of halogens is 4. The molecule has 0 unspecified atom stereocenters. The fourth-order valence-corrected chi connectivity index (χ4v) is 1.24. The number of hydrogen-bond donors (Lipinski definition) is 0. The molecule has 1 rings (SSSR count). The summed E-state index contributed by atoms with van der Waals surface area (Å²) in [6.07, 6.45) is -2.82. The SMILES string of the molecule is COc1c(C(F)F)cc(F)nc1CCl. The van der Waals surface area contributed by atoms with Crippen LogP contribution >= 0.6 is 11.6 Å². The molecule has 0 amide bonds. The summed E-state index contributed by atoms with van der Waals surface area (Å²) in [4.78, 5) is 3.35. The number of aromatic nitrogens is 1. The quantitative estimate of drug-likeness (QED) is 0.583. The molecule has 78 valence electrons. The van der Waals surface area contributed by atoms with Gasteiger partial charge in [0.15, 0.2) is 5.75 Å². The van der Waals surface area contributed by atoms with E-state index in [9.17, 15) is 13.2 Å². The predicted octanol–water partition coefficient (Wildman–Crippen LogP) is 2.91. The van der Waals surface area contributed by atoms with Gasteiger partial charge in [0.2, 0.25) is 5.95 Å². The Labute approximate surface area is 83.7 Å². The lowest BCUT2D eigenvalue weighted by molar-refractivity contribution is 0.146. The number of rotatable bonds is 3. The van der Waals surface area contributed by atoms with Gasteiger partial charge < -0.3 is 4.74 Å². The van der Waals surface area contributed by atoms with Crippen molar-refractivity contribution >= 4 is 11.6 Å². The Hall–Kier alpha value is -0.970. The molecular weight excluding hydrogens is 219 g/mol. The minimum atomic E-state index is -2.82. The summed E-state index contributed by atoms with van der Waals surface area (Å²) in [5.41, 5.74) is -0.555. The van der Waals surface area contributed by atoms with Crippen molar-refractivity contribution < 1.29 is 17.9 Å². The molecule has 6 heteroatoms. The average Bonchev–Trinajstić information content (AvgIpc) is 2.16. The highest BCUT2D eigenvalue weighted by atomic mass is 35.5. The van der Waals surface area contributed by atoms with E-state index in [4.69, 9.17) is 16.3 Å². The second kappa shape index (κ2) is 4.50. The van der Waals surface area contributed by atoms with Crippen LogP contribution in [0, 0.1) is 5.95 Å². The monoisotopic (exact) mass is 225 g/mol. The first-order valence-corrected chi connectivity index (χ1v) is 4.21. The zero-order valence-electron chi connectivity index (χ0n) is 7.23. The maximum absolute atomic E-state index is 12.7. The van der Waals surface area contributed by atoms with Crippen LogP contribution in [-0.2, 0) is 5.88 Å². The summed E-state index contributed by atoms with van der Waals surface area (Å²) in [6.45, 7) is 0. The van der Waals surface area contributed by atoms with Crippen LogP contribution in [0.4, 0.5) is 13.2 Å². The molecule has 14 heavy (non-hydrogen) atoms. The average molecular weight is 226 g/mol. The number of nitrogens with zero attached hydrogens (tertiary/aromatic N) is 1. The van der Waals surface area contributed by atoms with E-state index >= 15 is 0 Å². The van der Waals surface area contributed by atoms with Crippen molar-refractivity contribution in [3.05, 3.63) is 23.3 Å². The molecule has 0 spiro atoms. The summed E-state index contributed by atoms with van der Waals surface area (Å²) in [5, 5.41) is 0. The second-order valence-electron chi connectivity index (χ2n) is 2.45. The minimum Gasteiger partial charge on any atom is -0.494 e. The van der Waals surface area contributed by atoms with Crippen LogP contribution in [0.25, 0.3) is 0 Å². The molecule has 0 aromatic carbocycles. The van der Waals surface area contributed by atoms with Crippen LogP contribution in [-0.4, -0.2) is 12.1 Å². The van der Waals surface area contributed by atoms with Gasteiger partial charge in [0.05, 0.1) is 18.6 Å². The lowest BCUT2D eigenvalue weighted by atomic mass is 10.2. The van der Waals surface area contributed by atoms with Gasteiger partial charge in [-0.1, -0.05) is 0 Å². The third-order valence-corrected chi connectivity index (χ3v) is 1.86. The number of alkyl halides is 3. The van der Waals surface area contributed by atoms with E-state index in [0.29, 0.717) is 6.07 Å². The van der Waals surface area contributed by atoms with E-state index in [2.05, 4.69) is 4.98 Å². The Kier molecular flexibility index (Phi) is 3.57. The molecule has 0 fully saturated rings. The van der Waals surface area contributed by atoms with Crippen LogP contribution in [0.5, 0.6) is 5.75 Å². The van der Waals surface area contributed by atoms with E-state index in [1.54, 1.807) is 0 Å². The molecule has 2 nitrogen and oxygen atoms in total. The number of ether oxygens (including phenoxy) is 1. The second-order valence-corrected chi connectivity index (χ2v) is 2.72. The van der Waals surface area contributed by atoms with E-state index < -0.39 is 17.9 Å². The zero-order valence-corrected chi connectivity index (χ0v) is 7.99. The number of hydrogen-bond acceptors (Lipinski definition) is 2. The molecule has 0 saturated carbocycles. The highest BCUT2D eigenvalue weighted by Crippen LogP contribution is 2.32. The van der Waals surface area contributed by atoms with Gasteiger partial charge >= 0.3 is 0 Å². The molecule has 1 aromatic heterocycles. The lowest BCUT2D eigenvalue weighted by Crippen LogP contribution is -2.01. The van der Waals surface area contributed by atoms with Crippen molar-refractivity contribution in [3.63, 3.8) is 0 Å². The van der Waals surface area contributed by atoms with E-state index in [1.807, 2.05) is 0 Å². The molecule has 0 radical (unpaired) electrons. The lowest BCUT2D eigenvalue weighted by Gasteiger charge is -2.10. The fourth-order valence-electron chi connectivity index (χ4n) is 1.06. The molecule has 0 N–H and O–H groups in total. The first kappa shape index (κ1) is 11.1. The third-order valence-electron chi connectivity index (χ3n) is 1.61. The Balaban J connectivity index is 3.31. The van der Waals surface area contributed by atoms with Gasteiger partial charge in [0.1, 0.15) is 5.69 Å². The van der Waals surface area contributed by atoms with E-state index in [1.165, 1.54) is 7.11 Å². The van der Waals surface area contributed by atoms with Crippen LogP contribution in [0.2, 0.25) is 0 Å². The molecule has 0 atom stereocenters. The van der Waals surface area contributed by atoms with Crippen molar-refractivity contribution in [3.8, 4) is 5.75 Å². The summed E-state index contributed by atoms with van der Waals surface area (Å²) in [5.74, 6) is -1.33. The number of methoxy groups -OCH3 is 1. The van der Waals surface area contributed by atoms with E-state index in [-0.39, 0.29) is 17.3 Å². The van der Waals surface area contributed by atoms with Gasteiger partial charge in [-0.15, -0.1) is 11.6 Å². The van der Waals surface area contributed by atoms with Crippen molar-refractivity contribution in [2.75, 3.05) is 7.11 Å². The fraction of sp³-hybridized carbons (Fsp3) is 0.375. The Morgan fingerprint density at radius 1 is 1.57 bits per heavy atom. The maximum Gasteiger partial charge on any atom is 0.267 e. The largest absolute Gasteiger partial charge is 0.494 e. The van der Waals surface area contributed by atoms with Crippen molar-refractivity contribution in [2.24, 2.45) is 0 Å². The predicted molar refractivity (Wildman–Crippen MR) is 45.3 cm³/mol. The Bertz CT molecular complexity index is 333. The summed E-state index contributed by atoms with van der Waals surface area (Å²) in [7, 11) is 1.21. The summed E-state index contributed by atoms with van der Waals surface area (Å²) in [6, 6.07) is 0.638. The molecule has 0 bridgehead atoms. The van der Waals surface area contributed by atoms with Gasteiger partial charge in [-0.3, -0.25) is 0 Å². The standard InChI is InChI=1S/C8H7ClF3NO/c1-14-7-4(8(11)12)2-6(10)13-5(7)3-9/h2,8H,3H2,1H3. The van der Waals surface area contributed by atoms with Crippen LogP contribution < -0.4 is 4.74 Å². The van der Waals surface area contributed by atoms with Crippen LogP contribution in [0.3, 0.4) is 0 Å². The molecule has 0 aliphatic heterocycles. The normalized spacial score (nSPS) is 10.7. The van der Waals surface area contributed by atoms with Crippen LogP contribution in [0.15, 0.2) is 6.07 Å². The highest BCUT2D eigenvalue weighted by Gasteiger charge is 2.19. The molecule has 0 aliphatic rings. The van der Waals surface area contributed by atoms with Crippen molar-refractivity contribution in [1.82, 2.24) is 4.98 Å².